The van der Waals surface area contributed by atoms with Crippen molar-refractivity contribution in [2.45, 2.75) is 13.8 Å². The molecule has 0 unspecified atom stereocenters. The van der Waals surface area contributed by atoms with E-state index < -0.39 is 0 Å². The molecular weight excluding hydrogens is 422 g/mol. The first kappa shape index (κ1) is 22.2. The molecule has 4 aromatic rings. The van der Waals surface area contributed by atoms with Crippen LogP contribution in [0.4, 0.5) is 0 Å². The molecular formula is C24H25N5O4. The van der Waals surface area contributed by atoms with E-state index in [9.17, 15) is 4.79 Å². The maximum absolute atomic E-state index is 12.3. The van der Waals surface area contributed by atoms with E-state index in [1.165, 1.54) is 0 Å². The molecule has 0 bridgehead atoms. The summed E-state index contributed by atoms with van der Waals surface area (Å²) in [6.45, 7) is 4.61. The van der Waals surface area contributed by atoms with E-state index in [0.29, 0.717) is 36.2 Å². The lowest BCUT2D eigenvalue weighted by atomic mass is 10.1. The lowest BCUT2D eigenvalue weighted by molar-refractivity contribution is 0.0937. The van der Waals surface area contributed by atoms with Crippen LogP contribution in [0.2, 0.25) is 0 Å². The van der Waals surface area contributed by atoms with Gasteiger partial charge in [-0.15, -0.1) is 10.2 Å². The van der Waals surface area contributed by atoms with E-state index in [2.05, 4.69) is 15.5 Å². The zero-order chi connectivity index (χ0) is 23.4. The second-order valence-corrected chi connectivity index (χ2v) is 7.38. The molecule has 0 radical (unpaired) electrons. The summed E-state index contributed by atoms with van der Waals surface area (Å²) in [5.41, 5.74) is 4.66. The highest BCUT2D eigenvalue weighted by Gasteiger charge is 2.22. The highest BCUT2D eigenvalue weighted by atomic mass is 16.5. The average molecular weight is 447 g/mol. The number of methoxy groups -OCH3 is 2. The molecule has 1 amide bonds. The molecule has 33 heavy (non-hydrogen) atoms. The Bertz CT molecular complexity index is 1240. The first-order valence-electron chi connectivity index (χ1n) is 10.4. The van der Waals surface area contributed by atoms with Crippen LogP contribution in [0.5, 0.6) is 5.75 Å². The number of hydrogen-bond acceptors (Lipinski definition) is 7. The van der Waals surface area contributed by atoms with Crippen LogP contribution in [0, 0.1) is 13.8 Å². The van der Waals surface area contributed by atoms with Crippen molar-refractivity contribution in [3.63, 3.8) is 0 Å². The number of nitrogens with one attached hydrogen (secondary N) is 1. The Balaban J connectivity index is 1.75. The summed E-state index contributed by atoms with van der Waals surface area (Å²) in [7, 11) is 3.23. The van der Waals surface area contributed by atoms with Gasteiger partial charge in [-0.1, -0.05) is 0 Å². The SMILES string of the molecule is COCCNC(=O)c1ccc(-n2nc(-c3nnc(C)o3)c(C)c2-c2ccc(OC)cc2)cc1. The molecule has 0 saturated carbocycles. The fourth-order valence-electron chi connectivity index (χ4n) is 3.49. The smallest absolute Gasteiger partial charge is 0.268 e. The van der Waals surface area contributed by atoms with Crippen LogP contribution < -0.4 is 10.1 Å². The number of ether oxygens (including phenoxy) is 2. The van der Waals surface area contributed by atoms with Gasteiger partial charge >= 0.3 is 0 Å². The Hall–Kier alpha value is -3.98. The van der Waals surface area contributed by atoms with Gasteiger partial charge in [0.15, 0.2) is 5.69 Å². The van der Waals surface area contributed by atoms with Crippen molar-refractivity contribution in [3.05, 3.63) is 65.5 Å². The van der Waals surface area contributed by atoms with Gasteiger partial charge in [-0.05, 0) is 55.5 Å². The van der Waals surface area contributed by atoms with Crippen LogP contribution in [0.3, 0.4) is 0 Å². The first-order valence-corrected chi connectivity index (χ1v) is 10.4. The van der Waals surface area contributed by atoms with E-state index in [1.54, 1.807) is 33.3 Å². The predicted molar refractivity (Wildman–Crippen MR) is 123 cm³/mol. The lowest BCUT2D eigenvalue weighted by Crippen LogP contribution is -2.26. The normalized spacial score (nSPS) is 10.9. The van der Waals surface area contributed by atoms with Gasteiger partial charge in [0.1, 0.15) is 5.75 Å². The molecule has 0 aliphatic rings. The number of benzene rings is 2. The number of aromatic nitrogens is 4. The van der Waals surface area contributed by atoms with Gasteiger partial charge in [0.25, 0.3) is 11.8 Å². The third-order valence-corrected chi connectivity index (χ3v) is 5.18. The third-order valence-electron chi connectivity index (χ3n) is 5.18. The highest BCUT2D eigenvalue weighted by molar-refractivity contribution is 5.94. The summed E-state index contributed by atoms with van der Waals surface area (Å²) in [6, 6.07) is 15.0. The second-order valence-electron chi connectivity index (χ2n) is 7.38. The standard InChI is InChI=1S/C24H25N5O4/c1-15-21(24-27-26-16(2)33-24)28-29(22(15)17-7-11-20(32-4)12-8-17)19-9-5-18(6-10-19)23(30)25-13-14-31-3/h5-12H,13-14H2,1-4H3,(H,25,30). The van der Waals surface area contributed by atoms with Gasteiger partial charge in [0, 0.05) is 37.3 Å². The molecule has 0 atom stereocenters. The summed E-state index contributed by atoms with van der Waals surface area (Å²) in [5, 5.41) is 15.7. The van der Waals surface area contributed by atoms with Gasteiger partial charge in [0.05, 0.1) is 25.1 Å². The van der Waals surface area contributed by atoms with Crippen LogP contribution in [0.1, 0.15) is 21.8 Å². The molecule has 1 N–H and O–H groups in total. The zero-order valence-electron chi connectivity index (χ0n) is 19.0. The van der Waals surface area contributed by atoms with E-state index >= 15 is 0 Å². The van der Waals surface area contributed by atoms with Crippen LogP contribution in [-0.2, 0) is 4.74 Å². The number of nitrogens with zero attached hydrogens (tertiary/aromatic N) is 4. The number of carbonyl (C=O) groups excluding carboxylic acids is 1. The first-order chi connectivity index (χ1) is 16.0. The molecule has 0 saturated heterocycles. The van der Waals surface area contributed by atoms with Crippen LogP contribution in [0.25, 0.3) is 28.5 Å². The molecule has 0 aliphatic heterocycles. The minimum Gasteiger partial charge on any atom is -0.497 e. The average Bonchev–Trinajstić information content (AvgIpc) is 3.42. The fourth-order valence-corrected chi connectivity index (χ4v) is 3.49. The third kappa shape index (κ3) is 4.63. The number of rotatable bonds is 8. The van der Waals surface area contributed by atoms with Gasteiger partial charge in [-0.3, -0.25) is 4.79 Å². The Kier molecular flexibility index (Phi) is 6.50. The van der Waals surface area contributed by atoms with E-state index in [-0.39, 0.29) is 5.91 Å². The summed E-state index contributed by atoms with van der Waals surface area (Å²) in [5.74, 6) is 1.42. The van der Waals surface area contributed by atoms with Crippen LogP contribution >= 0.6 is 0 Å². The van der Waals surface area contributed by atoms with Crippen LogP contribution in [-0.4, -0.2) is 53.3 Å². The molecule has 9 heteroatoms. The van der Waals surface area contributed by atoms with E-state index in [4.69, 9.17) is 19.0 Å². The highest BCUT2D eigenvalue weighted by Crippen LogP contribution is 2.34. The number of amides is 1. The molecule has 2 aromatic carbocycles. The Labute approximate surface area is 191 Å². The van der Waals surface area contributed by atoms with Gasteiger partial charge in [-0.2, -0.15) is 5.10 Å². The predicted octanol–water partition coefficient (Wildman–Crippen LogP) is 3.59. The van der Waals surface area contributed by atoms with Crippen molar-refractivity contribution in [2.75, 3.05) is 27.4 Å². The summed E-state index contributed by atoms with van der Waals surface area (Å²) >= 11 is 0. The number of aryl methyl sites for hydroxylation is 1. The Morgan fingerprint density at radius 1 is 1.03 bits per heavy atom. The second kappa shape index (κ2) is 9.66. The lowest BCUT2D eigenvalue weighted by Gasteiger charge is -2.10. The summed E-state index contributed by atoms with van der Waals surface area (Å²) in [4.78, 5) is 12.3. The quantitative estimate of drug-likeness (QED) is 0.412. The van der Waals surface area contributed by atoms with Gasteiger partial charge < -0.3 is 19.2 Å². The molecule has 0 spiro atoms. The molecule has 2 aromatic heterocycles. The van der Waals surface area contributed by atoms with Gasteiger partial charge in [0.2, 0.25) is 5.89 Å². The van der Waals surface area contributed by atoms with Crippen LogP contribution in [0.15, 0.2) is 52.9 Å². The number of carbonyl (C=O) groups is 1. The van der Waals surface area contributed by atoms with Crippen molar-refractivity contribution in [3.8, 4) is 34.3 Å². The molecule has 2 heterocycles. The molecule has 9 nitrogen and oxygen atoms in total. The molecule has 170 valence electrons. The molecule has 4 rings (SSSR count). The van der Waals surface area contributed by atoms with Crippen molar-refractivity contribution >= 4 is 5.91 Å². The monoisotopic (exact) mass is 447 g/mol. The van der Waals surface area contributed by atoms with Crippen molar-refractivity contribution in [2.24, 2.45) is 0 Å². The number of hydrogen-bond donors (Lipinski definition) is 1. The van der Waals surface area contributed by atoms with Crippen molar-refractivity contribution in [1.29, 1.82) is 0 Å². The summed E-state index contributed by atoms with van der Waals surface area (Å²) < 4.78 is 17.7. The largest absolute Gasteiger partial charge is 0.497 e. The summed E-state index contributed by atoms with van der Waals surface area (Å²) in [6.07, 6.45) is 0. The maximum Gasteiger partial charge on any atom is 0.268 e. The fraction of sp³-hybridized carbons (Fsp3) is 0.250. The van der Waals surface area contributed by atoms with Crippen molar-refractivity contribution < 1.29 is 18.7 Å². The minimum absolute atomic E-state index is 0.160. The van der Waals surface area contributed by atoms with E-state index in [1.807, 2.05) is 48.0 Å². The zero-order valence-corrected chi connectivity index (χ0v) is 19.0. The molecule has 0 aliphatic carbocycles. The maximum atomic E-state index is 12.3. The van der Waals surface area contributed by atoms with Gasteiger partial charge in [-0.25, -0.2) is 4.68 Å². The Morgan fingerprint density at radius 3 is 2.36 bits per heavy atom. The molecule has 0 fully saturated rings. The van der Waals surface area contributed by atoms with Crippen molar-refractivity contribution in [1.82, 2.24) is 25.3 Å². The van der Waals surface area contributed by atoms with E-state index in [0.717, 1.165) is 28.3 Å². The Morgan fingerprint density at radius 2 is 1.76 bits per heavy atom. The minimum atomic E-state index is -0.160. The topological polar surface area (TPSA) is 104 Å².